The number of carbonyl (C=O) groups is 2. The predicted octanol–water partition coefficient (Wildman–Crippen LogP) is 4.45. The molecule has 0 aromatic carbocycles. The molecule has 2 aliphatic carbocycles. The van der Waals surface area contributed by atoms with Gasteiger partial charge in [0.15, 0.2) is 0 Å². The van der Waals surface area contributed by atoms with Crippen molar-refractivity contribution >= 4 is 33.7 Å². The molecular formula is C20H26BrN3O3. The molecule has 0 bridgehead atoms. The summed E-state index contributed by atoms with van der Waals surface area (Å²) in [5.74, 6) is 0.894. The largest absolute Gasteiger partial charge is 0.444 e. The standard InChI is InChI=1S/C20H26BrN3O3/c1-19(2,3)27-18(26)24-13(9-20(4)10-14(20)24)17(25)23-16-12(11-5-6-11)7-8-15(21)22-16/h7-8,11,13-14H,5-6,9-10H2,1-4H3,(H,22,23,25)/t13-,14+,20-/m0/s1. The highest BCUT2D eigenvalue weighted by atomic mass is 79.9. The highest BCUT2D eigenvalue weighted by molar-refractivity contribution is 9.10. The van der Waals surface area contributed by atoms with Crippen molar-refractivity contribution in [1.29, 1.82) is 0 Å². The van der Waals surface area contributed by atoms with Gasteiger partial charge in [-0.25, -0.2) is 9.78 Å². The minimum absolute atomic E-state index is 0.0168. The number of amides is 2. The summed E-state index contributed by atoms with van der Waals surface area (Å²) in [4.78, 5) is 32.0. The number of halogens is 1. The van der Waals surface area contributed by atoms with E-state index in [1.165, 1.54) is 0 Å². The summed E-state index contributed by atoms with van der Waals surface area (Å²) in [6.45, 7) is 7.66. The van der Waals surface area contributed by atoms with Crippen molar-refractivity contribution in [2.75, 3.05) is 5.32 Å². The van der Waals surface area contributed by atoms with E-state index in [4.69, 9.17) is 4.74 Å². The second-order valence-corrected chi connectivity index (χ2v) is 10.1. The Labute approximate surface area is 168 Å². The number of hydrogen-bond donors (Lipinski definition) is 1. The van der Waals surface area contributed by atoms with E-state index in [1.54, 1.807) is 4.90 Å². The normalized spacial score (nSPS) is 29.3. The number of likely N-dealkylation sites (tertiary alicyclic amines) is 1. The minimum Gasteiger partial charge on any atom is -0.444 e. The van der Waals surface area contributed by atoms with Crippen molar-refractivity contribution in [3.8, 4) is 0 Å². The minimum atomic E-state index is -0.586. The van der Waals surface area contributed by atoms with E-state index >= 15 is 0 Å². The average molecular weight is 436 g/mol. The molecule has 146 valence electrons. The quantitative estimate of drug-likeness (QED) is 0.711. The van der Waals surface area contributed by atoms with Gasteiger partial charge in [0.2, 0.25) is 5.91 Å². The molecule has 0 spiro atoms. The molecule has 3 aliphatic rings. The number of ether oxygens (including phenoxy) is 1. The van der Waals surface area contributed by atoms with Gasteiger partial charge >= 0.3 is 6.09 Å². The number of hydrogen-bond acceptors (Lipinski definition) is 4. The van der Waals surface area contributed by atoms with Crippen LogP contribution in [-0.4, -0.2) is 39.6 Å². The van der Waals surface area contributed by atoms with E-state index in [0.717, 1.165) is 24.8 Å². The van der Waals surface area contributed by atoms with Gasteiger partial charge in [0.25, 0.3) is 0 Å². The first-order valence-electron chi connectivity index (χ1n) is 9.56. The molecule has 2 heterocycles. The summed E-state index contributed by atoms with van der Waals surface area (Å²) >= 11 is 3.39. The summed E-state index contributed by atoms with van der Waals surface area (Å²) in [6.07, 6.45) is 3.44. The summed E-state index contributed by atoms with van der Waals surface area (Å²) < 4.78 is 6.26. The van der Waals surface area contributed by atoms with Gasteiger partial charge in [-0.3, -0.25) is 9.69 Å². The maximum Gasteiger partial charge on any atom is 0.411 e. The lowest BCUT2D eigenvalue weighted by molar-refractivity contribution is -0.121. The van der Waals surface area contributed by atoms with Gasteiger partial charge in [0.1, 0.15) is 22.1 Å². The van der Waals surface area contributed by atoms with Crippen molar-refractivity contribution in [2.24, 2.45) is 5.41 Å². The average Bonchev–Trinajstić information content (AvgIpc) is 3.44. The maximum atomic E-state index is 13.1. The SMILES string of the molecule is CC(C)(C)OC(=O)N1[C@H](C(=O)Nc2nc(Br)ccc2C2CC2)C[C@@]2(C)C[C@@H]12. The van der Waals surface area contributed by atoms with Crippen molar-refractivity contribution in [3.63, 3.8) is 0 Å². The Morgan fingerprint density at radius 3 is 2.63 bits per heavy atom. The van der Waals surface area contributed by atoms with Crippen LogP contribution in [0.4, 0.5) is 10.6 Å². The molecule has 1 saturated heterocycles. The van der Waals surface area contributed by atoms with E-state index in [0.29, 0.717) is 22.8 Å². The Morgan fingerprint density at radius 2 is 2.00 bits per heavy atom. The number of pyridine rings is 1. The first-order chi connectivity index (χ1) is 12.6. The van der Waals surface area contributed by atoms with Crippen LogP contribution in [-0.2, 0) is 9.53 Å². The molecule has 6 nitrogen and oxygen atoms in total. The lowest BCUT2D eigenvalue weighted by Gasteiger charge is -2.30. The molecule has 3 fully saturated rings. The van der Waals surface area contributed by atoms with Gasteiger partial charge in [0.05, 0.1) is 0 Å². The lowest BCUT2D eigenvalue weighted by Crippen LogP contribution is -2.47. The number of piperidine rings is 1. The number of carbonyl (C=O) groups excluding carboxylic acids is 2. The van der Waals surface area contributed by atoms with Crippen LogP contribution in [0, 0.1) is 5.41 Å². The number of aromatic nitrogens is 1. The number of fused-ring (bicyclic) bond motifs is 1. The van der Waals surface area contributed by atoms with E-state index in [2.05, 4.69) is 33.2 Å². The number of anilines is 1. The van der Waals surface area contributed by atoms with E-state index in [1.807, 2.05) is 32.9 Å². The number of nitrogens with zero attached hydrogens (tertiary/aromatic N) is 2. The van der Waals surface area contributed by atoms with Crippen LogP contribution >= 0.6 is 15.9 Å². The fourth-order valence-electron chi connectivity index (χ4n) is 4.05. The third kappa shape index (κ3) is 3.71. The van der Waals surface area contributed by atoms with E-state index in [-0.39, 0.29) is 17.4 Å². The molecule has 27 heavy (non-hydrogen) atoms. The molecule has 2 saturated carbocycles. The second-order valence-electron chi connectivity index (χ2n) is 9.32. The van der Waals surface area contributed by atoms with Crippen LogP contribution < -0.4 is 5.32 Å². The van der Waals surface area contributed by atoms with Crippen molar-refractivity contribution in [2.45, 2.75) is 77.0 Å². The molecule has 1 aliphatic heterocycles. The fraction of sp³-hybridized carbons (Fsp3) is 0.650. The smallest absolute Gasteiger partial charge is 0.411 e. The monoisotopic (exact) mass is 435 g/mol. The third-order valence-electron chi connectivity index (χ3n) is 5.69. The second kappa shape index (κ2) is 6.19. The maximum absolute atomic E-state index is 13.1. The zero-order chi connectivity index (χ0) is 19.6. The molecule has 1 aromatic rings. The molecule has 3 atom stereocenters. The molecule has 1 N–H and O–H groups in total. The number of nitrogens with one attached hydrogen (secondary N) is 1. The first-order valence-corrected chi connectivity index (χ1v) is 10.4. The molecule has 2 amide bonds. The highest BCUT2D eigenvalue weighted by Crippen LogP contribution is 2.59. The third-order valence-corrected chi connectivity index (χ3v) is 6.14. The van der Waals surface area contributed by atoms with Gasteiger partial charge in [0, 0.05) is 6.04 Å². The Morgan fingerprint density at radius 1 is 1.30 bits per heavy atom. The Kier molecular flexibility index (Phi) is 4.29. The zero-order valence-corrected chi connectivity index (χ0v) is 17.8. The van der Waals surface area contributed by atoms with Crippen molar-refractivity contribution < 1.29 is 14.3 Å². The van der Waals surface area contributed by atoms with Gasteiger partial charge in [-0.2, -0.15) is 0 Å². The molecule has 4 rings (SSSR count). The summed E-state index contributed by atoms with van der Waals surface area (Å²) in [5, 5.41) is 2.99. The molecular weight excluding hydrogens is 410 g/mol. The Hall–Kier alpha value is -1.63. The van der Waals surface area contributed by atoms with Crippen LogP contribution in [0.25, 0.3) is 0 Å². The highest BCUT2D eigenvalue weighted by Gasteiger charge is 2.65. The lowest BCUT2D eigenvalue weighted by atomic mass is 10.0. The zero-order valence-electron chi connectivity index (χ0n) is 16.2. The number of rotatable bonds is 3. The fourth-order valence-corrected chi connectivity index (χ4v) is 4.36. The Bertz CT molecular complexity index is 802. The predicted molar refractivity (Wildman–Crippen MR) is 106 cm³/mol. The van der Waals surface area contributed by atoms with Gasteiger partial charge in [-0.1, -0.05) is 13.0 Å². The topological polar surface area (TPSA) is 71.5 Å². The molecule has 0 unspecified atom stereocenters. The van der Waals surface area contributed by atoms with Crippen LogP contribution in [0.3, 0.4) is 0 Å². The van der Waals surface area contributed by atoms with Crippen LogP contribution in [0.1, 0.15) is 64.9 Å². The van der Waals surface area contributed by atoms with Crippen LogP contribution in [0.15, 0.2) is 16.7 Å². The van der Waals surface area contributed by atoms with E-state index < -0.39 is 17.7 Å². The molecule has 7 heteroatoms. The first kappa shape index (κ1) is 18.7. The van der Waals surface area contributed by atoms with Crippen molar-refractivity contribution in [1.82, 2.24) is 9.88 Å². The van der Waals surface area contributed by atoms with Gasteiger partial charge < -0.3 is 10.1 Å². The van der Waals surface area contributed by atoms with Gasteiger partial charge in [-0.15, -0.1) is 0 Å². The van der Waals surface area contributed by atoms with Gasteiger partial charge in [-0.05, 0) is 85.3 Å². The molecule has 0 radical (unpaired) electrons. The van der Waals surface area contributed by atoms with E-state index in [9.17, 15) is 9.59 Å². The summed E-state index contributed by atoms with van der Waals surface area (Å²) in [6, 6.07) is 3.49. The molecule has 1 aromatic heterocycles. The van der Waals surface area contributed by atoms with Crippen molar-refractivity contribution in [3.05, 3.63) is 22.3 Å². The van der Waals surface area contributed by atoms with Crippen LogP contribution in [0.5, 0.6) is 0 Å². The summed E-state index contributed by atoms with van der Waals surface area (Å²) in [5.41, 5.74) is 0.504. The van der Waals surface area contributed by atoms with Crippen LogP contribution in [0.2, 0.25) is 0 Å². The Balaban J connectivity index is 1.54. The summed E-state index contributed by atoms with van der Waals surface area (Å²) in [7, 11) is 0.